The molecule has 0 spiro atoms. The standard InChI is InChI=1S/C21H14Cl2N6/c22-16-8-6-15(7-9-16)20-21(29-19(24-20)11-10-18(23)26-29)17-13-28(27-25-17)12-14-4-2-1-3-5-14/h1-11,13H,12H2. The lowest BCUT2D eigenvalue weighted by Gasteiger charge is -2.02. The highest BCUT2D eigenvalue weighted by Gasteiger charge is 2.20. The first-order valence-electron chi connectivity index (χ1n) is 8.93. The van der Waals surface area contributed by atoms with Gasteiger partial charge in [0.15, 0.2) is 5.65 Å². The molecule has 5 aromatic rings. The fraction of sp³-hybridized carbons (Fsp3) is 0.0476. The molecule has 0 amide bonds. The van der Waals surface area contributed by atoms with E-state index in [0.717, 1.165) is 22.5 Å². The zero-order chi connectivity index (χ0) is 19.8. The highest BCUT2D eigenvalue weighted by Crippen LogP contribution is 2.32. The van der Waals surface area contributed by atoms with Gasteiger partial charge in [-0.2, -0.15) is 5.10 Å². The smallest absolute Gasteiger partial charge is 0.155 e. The molecule has 0 fully saturated rings. The van der Waals surface area contributed by atoms with Crippen molar-refractivity contribution in [2.24, 2.45) is 0 Å². The number of halogens is 2. The first-order valence-corrected chi connectivity index (χ1v) is 9.68. The molecular formula is C21H14Cl2N6. The van der Waals surface area contributed by atoms with Crippen LogP contribution in [0.1, 0.15) is 5.56 Å². The molecule has 0 N–H and O–H groups in total. The molecule has 2 aromatic carbocycles. The third-order valence-electron chi connectivity index (χ3n) is 4.53. The molecule has 3 aromatic heterocycles. The second kappa shape index (κ2) is 7.31. The molecule has 0 atom stereocenters. The summed E-state index contributed by atoms with van der Waals surface area (Å²) in [7, 11) is 0. The van der Waals surface area contributed by atoms with Crippen molar-refractivity contribution < 1.29 is 0 Å². The fourth-order valence-corrected chi connectivity index (χ4v) is 3.47. The van der Waals surface area contributed by atoms with Crippen molar-refractivity contribution >= 4 is 28.8 Å². The van der Waals surface area contributed by atoms with Crippen molar-refractivity contribution in [3.05, 3.63) is 88.7 Å². The maximum atomic E-state index is 6.15. The van der Waals surface area contributed by atoms with Crippen LogP contribution in [0.2, 0.25) is 10.2 Å². The third kappa shape index (κ3) is 3.48. The molecule has 0 saturated carbocycles. The van der Waals surface area contributed by atoms with Crippen LogP contribution in [0.3, 0.4) is 0 Å². The molecule has 0 saturated heterocycles. The van der Waals surface area contributed by atoms with Crippen molar-refractivity contribution in [3.8, 4) is 22.6 Å². The molecule has 3 heterocycles. The van der Waals surface area contributed by atoms with E-state index in [1.807, 2.05) is 54.7 Å². The number of hydrogen-bond donors (Lipinski definition) is 0. The number of nitrogens with zero attached hydrogens (tertiary/aromatic N) is 6. The van der Waals surface area contributed by atoms with Gasteiger partial charge in [-0.15, -0.1) is 5.10 Å². The van der Waals surface area contributed by atoms with Gasteiger partial charge in [-0.1, -0.05) is 70.9 Å². The average molecular weight is 421 g/mol. The van der Waals surface area contributed by atoms with Crippen LogP contribution in [0.5, 0.6) is 0 Å². The first-order chi connectivity index (χ1) is 14.2. The SMILES string of the molecule is Clc1ccc(-c2nc3ccc(Cl)nn3c2-c2cn(Cc3ccccc3)nn2)cc1. The Labute approximate surface area is 176 Å². The van der Waals surface area contributed by atoms with E-state index in [4.69, 9.17) is 28.2 Å². The highest BCUT2D eigenvalue weighted by atomic mass is 35.5. The summed E-state index contributed by atoms with van der Waals surface area (Å²) in [4.78, 5) is 4.75. The summed E-state index contributed by atoms with van der Waals surface area (Å²) in [5, 5.41) is 14.1. The normalized spacial score (nSPS) is 11.2. The van der Waals surface area contributed by atoms with Gasteiger partial charge < -0.3 is 0 Å². The van der Waals surface area contributed by atoms with Crippen LogP contribution in [0.15, 0.2) is 72.9 Å². The van der Waals surface area contributed by atoms with Gasteiger partial charge in [0.2, 0.25) is 0 Å². The predicted molar refractivity (Wildman–Crippen MR) is 113 cm³/mol. The molecule has 29 heavy (non-hydrogen) atoms. The average Bonchev–Trinajstić information content (AvgIpc) is 3.33. The summed E-state index contributed by atoms with van der Waals surface area (Å²) in [6.07, 6.45) is 1.89. The Balaban J connectivity index is 1.64. The Morgan fingerprint density at radius 1 is 0.862 bits per heavy atom. The number of rotatable bonds is 4. The van der Waals surface area contributed by atoms with Crippen LogP contribution >= 0.6 is 23.2 Å². The van der Waals surface area contributed by atoms with Crippen LogP contribution in [-0.2, 0) is 6.54 Å². The fourth-order valence-electron chi connectivity index (χ4n) is 3.20. The van der Waals surface area contributed by atoms with E-state index < -0.39 is 0 Å². The van der Waals surface area contributed by atoms with Gasteiger partial charge in [0.1, 0.15) is 22.2 Å². The maximum absolute atomic E-state index is 6.15. The van der Waals surface area contributed by atoms with Crippen LogP contribution in [-0.4, -0.2) is 29.6 Å². The lowest BCUT2D eigenvalue weighted by atomic mass is 10.1. The zero-order valence-electron chi connectivity index (χ0n) is 15.1. The molecule has 0 aliphatic carbocycles. The summed E-state index contributed by atoms with van der Waals surface area (Å²) in [5.74, 6) is 0. The summed E-state index contributed by atoms with van der Waals surface area (Å²) in [6.45, 7) is 0.620. The van der Waals surface area contributed by atoms with E-state index in [1.54, 1.807) is 15.3 Å². The van der Waals surface area contributed by atoms with Crippen LogP contribution in [0.25, 0.3) is 28.3 Å². The number of benzene rings is 2. The summed E-state index contributed by atoms with van der Waals surface area (Å²) >= 11 is 12.2. The lowest BCUT2D eigenvalue weighted by Crippen LogP contribution is -1.99. The van der Waals surface area contributed by atoms with Crippen LogP contribution < -0.4 is 0 Å². The van der Waals surface area contributed by atoms with Gasteiger partial charge in [0, 0.05) is 10.6 Å². The van der Waals surface area contributed by atoms with Crippen molar-refractivity contribution in [1.82, 2.24) is 29.6 Å². The Kier molecular flexibility index (Phi) is 4.50. The quantitative estimate of drug-likeness (QED) is 0.409. The van der Waals surface area contributed by atoms with Gasteiger partial charge in [0.05, 0.1) is 12.7 Å². The molecule has 5 rings (SSSR count). The molecule has 0 aliphatic heterocycles. The van der Waals surface area contributed by atoms with Crippen molar-refractivity contribution in [2.75, 3.05) is 0 Å². The first kappa shape index (κ1) is 17.8. The number of imidazole rings is 1. The molecule has 8 heteroatoms. The summed E-state index contributed by atoms with van der Waals surface area (Å²) in [5.41, 5.74) is 4.84. The van der Waals surface area contributed by atoms with Gasteiger partial charge in [-0.3, -0.25) is 0 Å². The second-order valence-corrected chi connectivity index (χ2v) is 7.35. The van der Waals surface area contributed by atoms with E-state index in [0.29, 0.717) is 28.1 Å². The molecule has 142 valence electrons. The topological polar surface area (TPSA) is 60.9 Å². The number of aromatic nitrogens is 6. The summed E-state index contributed by atoms with van der Waals surface area (Å²) in [6, 6.07) is 21.1. The molecule has 0 aliphatic rings. The number of fused-ring (bicyclic) bond motifs is 1. The van der Waals surface area contributed by atoms with E-state index in [9.17, 15) is 0 Å². The van der Waals surface area contributed by atoms with E-state index >= 15 is 0 Å². The van der Waals surface area contributed by atoms with E-state index in [-0.39, 0.29) is 0 Å². The van der Waals surface area contributed by atoms with E-state index in [1.165, 1.54) is 0 Å². The molecule has 0 unspecified atom stereocenters. The minimum Gasteiger partial charge on any atom is -0.247 e. The Bertz CT molecular complexity index is 1290. The minimum absolute atomic E-state index is 0.371. The lowest BCUT2D eigenvalue weighted by molar-refractivity contribution is 0.650. The molecule has 0 bridgehead atoms. The zero-order valence-corrected chi connectivity index (χ0v) is 16.6. The third-order valence-corrected chi connectivity index (χ3v) is 4.98. The van der Waals surface area contributed by atoms with Crippen molar-refractivity contribution in [1.29, 1.82) is 0 Å². The van der Waals surface area contributed by atoms with E-state index in [2.05, 4.69) is 27.5 Å². The highest BCUT2D eigenvalue weighted by molar-refractivity contribution is 6.30. The van der Waals surface area contributed by atoms with Crippen LogP contribution in [0.4, 0.5) is 0 Å². The van der Waals surface area contributed by atoms with Crippen molar-refractivity contribution in [3.63, 3.8) is 0 Å². The van der Waals surface area contributed by atoms with Crippen LogP contribution in [0, 0.1) is 0 Å². The van der Waals surface area contributed by atoms with Gasteiger partial charge >= 0.3 is 0 Å². The second-order valence-electron chi connectivity index (χ2n) is 6.53. The van der Waals surface area contributed by atoms with Gasteiger partial charge in [-0.25, -0.2) is 14.2 Å². The summed E-state index contributed by atoms with van der Waals surface area (Å²) < 4.78 is 3.49. The number of hydrogen-bond acceptors (Lipinski definition) is 4. The monoisotopic (exact) mass is 420 g/mol. The predicted octanol–water partition coefficient (Wildman–Crippen LogP) is 5.01. The molecule has 6 nitrogen and oxygen atoms in total. The minimum atomic E-state index is 0.371. The largest absolute Gasteiger partial charge is 0.247 e. The molecular weight excluding hydrogens is 407 g/mol. The van der Waals surface area contributed by atoms with Gasteiger partial charge in [-0.05, 0) is 29.8 Å². The Morgan fingerprint density at radius 2 is 1.66 bits per heavy atom. The molecule has 0 radical (unpaired) electrons. The van der Waals surface area contributed by atoms with Crippen molar-refractivity contribution in [2.45, 2.75) is 6.54 Å². The maximum Gasteiger partial charge on any atom is 0.155 e. The Morgan fingerprint density at radius 3 is 2.45 bits per heavy atom. The Hall–Kier alpha value is -3.22. The van der Waals surface area contributed by atoms with Gasteiger partial charge in [0.25, 0.3) is 0 Å².